The summed E-state index contributed by atoms with van der Waals surface area (Å²) in [6, 6.07) is 9.67. The summed E-state index contributed by atoms with van der Waals surface area (Å²) in [7, 11) is 1.49. The zero-order valence-electron chi connectivity index (χ0n) is 15.1. The van der Waals surface area contributed by atoms with Gasteiger partial charge in [-0.05, 0) is 68.1 Å². The molecule has 0 radical (unpaired) electrons. The highest BCUT2D eigenvalue weighted by Crippen LogP contribution is 2.24. The number of carbonyl (C=O) groups is 1. The molecule has 3 rings (SSSR count). The third-order valence-corrected chi connectivity index (χ3v) is 4.51. The lowest BCUT2D eigenvalue weighted by Crippen LogP contribution is -2.17. The van der Waals surface area contributed by atoms with E-state index in [0.717, 1.165) is 27.9 Å². The van der Waals surface area contributed by atoms with Crippen molar-refractivity contribution < 1.29 is 9.53 Å². The standard InChI is InChI=1S/C20H21N3O2/c1-11-7-6-8-15(14(11)4)22-19(24)18-20(25-5)23-17-10-13(3)12(2)9-16(17)21-18/h6-10H,1-5H3,(H,22,24). The number of rotatable bonds is 3. The molecule has 2 aromatic carbocycles. The van der Waals surface area contributed by atoms with Crippen LogP contribution in [0.1, 0.15) is 32.7 Å². The molecule has 0 aliphatic rings. The Balaban J connectivity index is 2.05. The van der Waals surface area contributed by atoms with Crippen molar-refractivity contribution in [1.29, 1.82) is 0 Å². The van der Waals surface area contributed by atoms with E-state index in [1.165, 1.54) is 7.11 Å². The molecular formula is C20H21N3O2. The lowest BCUT2D eigenvalue weighted by Gasteiger charge is -2.12. The largest absolute Gasteiger partial charge is 0.479 e. The number of anilines is 1. The number of methoxy groups -OCH3 is 1. The second kappa shape index (κ2) is 6.51. The molecule has 0 bridgehead atoms. The number of hydrogen-bond acceptors (Lipinski definition) is 4. The first kappa shape index (κ1) is 16.9. The monoisotopic (exact) mass is 335 g/mol. The van der Waals surface area contributed by atoms with Crippen molar-refractivity contribution in [3.8, 4) is 5.88 Å². The van der Waals surface area contributed by atoms with Crippen LogP contribution in [0.4, 0.5) is 5.69 Å². The molecule has 0 atom stereocenters. The zero-order valence-corrected chi connectivity index (χ0v) is 15.1. The van der Waals surface area contributed by atoms with Crippen molar-refractivity contribution in [3.63, 3.8) is 0 Å². The van der Waals surface area contributed by atoms with Gasteiger partial charge in [0.25, 0.3) is 5.91 Å². The molecule has 5 heteroatoms. The van der Waals surface area contributed by atoms with E-state index in [2.05, 4.69) is 15.3 Å². The van der Waals surface area contributed by atoms with Crippen LogP contribution in [0.15, 0.2) is 30.3 Å². The van der Waals surface area contributed by atoms with Crippen molar-refractivity contribution in [2.75, 3.05) is 12.4 Å². The summed E-state index contributed by atoms with van der Waals surface area (Å²) in [5.41, 5.74) is 6.69. The Morgan fingerprint density at radius 1 is 0.960 bits per heavy atom. The van der Waals surface area contributed by atoms with Crippen LogP contribution >= 0.6 is 0 Å². The number of nitrogens with zero attached hydrogens (tertiary/aromatic N) is 2. The van der Waals surface area contributed by atoms with E-state index in [9.17, 15) is 4.79 Å². The number of hydrogen-bond donors (Lipinski definition) is 1. The second-order valence-electron chi connectivity index (χ2n) is 6.21. The minimum atomic E-state index is -0.335. The summed E-state index contributed by atoms with van der Waals surface area (Å²) in [6.07, 6.45) is 0. The molecule has 1 amide bonds. The number of aryl methyl sites for hydroxylation is 3. The van der Waals surface area contributed by atoms with Crippen LogP contribution in [0.3, 0.4) is 0 Å². The first-order valence-electron chi connectivity index (χ1n) is 8.11. The highest BCUT2D eigenvalue weighted by Gasteiger charge is 2.18. The summed E-state index contributed by atoms with van der Waals surface area (Å²) < 4.78 is 5.30. The molecule has 0 aliphatic carbocycles. The average Bonchev–Trinajstić information content (AvgIpc) is 2.59. The van der Waals surface area contributed by atoms with E-state index in [4.69, 9.17) is 4.74 Å². The van der Waals surface area contributed by atoms with Gasteiger partial charge in [0, 0.05) is 5.69 Å². The summed E-state index contributed by atoms with van der Waals surface area (Å²) in [5, 5.41) is 2.91. The molecule has 0 unspecified atom stereocenters. The Morgan fingerprint density at radius 2 is 1.60 bits per heavy atom. The van der Waals surface area contributed by atoms with Gasteiger partial charge in [-0.2, -0.15) is 0 Å². The summed E-state index contributed by atoms with van der Waals surface area (Å²) >= 11 is 0. The molecule has 0 saturated carbocycles. The number of ether oxygens (including phenoxy) is 1. The minimum Gasteiger partial charge on any atom is -0.479 e. The van der Waals surface area contributed by atoms with Gasteiger partial charge in [0.2, 0.25) is 5.88 Å². The molecule has 128 valence electrons. The fourth-order valence-electron chi connectivity index (χ4n) is 2.65. The Morgan fingerprint density at radius 3 is 2.24 bits per heavy atom. The number of benzene rings is 2. The van der Waals surface area contributed by atoms with Gasteiger partial charge in [0.1, 0.15) is 0 Å². The van der Waals surface area contributed by atoms with E-state index in [-0.39, 0.29) is 17.5 Å². The molecule has 1 aromatic heterocycles. The normalized spacial score (nSPS) is 10.8. The van der Waals surface area contributed by atoms with Crippen LogP contribution in [0.5, 0.6) is 5.88 Å². The maximum atomic E-state index is 12.8. The number of fused-ring (bicyclic) bond motifs is 1. The molecule has 3 aromatic rings. The van der Waals surface area contributed by atoms with Crippen LogP contribution in [-0.4, -0.2) is 23.0 Å². The highest BCUT2D eigenvalue weighted by atomic mass is 16.5. The van der Waals surface area contributed by atoms with E-state index >= 15 is 0 Å². The molecule has 5 nitrogen and oxygen atoms in total. The van der Waals surface area contributed by atoms with E-state index in [1.807, 2.05) is 58.0 Å². The van der Waals surface area contributed by atoms with Gasteiger partial charge < -0.3 is 10.1 Å². The van der Waals surface area contributed by atoms with Crippen LogP contribution in [0.25, 0.3) is 11.0 Å². The second-order valence-corrected chi connectivity index (χ2v) is 6.21. The van der Waals surface area contributed by atoms with Crippen LogP contribution in [-0.2, 0) is 0 Å². The fourth-order valence-corrected chi connectivity index (χ4v) is 2.65. The van der Waals surface area contributed by atoms with Gasteiger partial charge in [-0.15, -0.1) is 0 Å². The third kappa shape index (κ3) is 3.18. The summed E-state index contributed by atoms with van der Waals surface area (Å²) in [5.74, 6) is -0.114. The zero-order chi connectivity index (χ0) is 18.1. The van der Waals surface area contributed by atoms with Crippen LogP contribution in [0, 0.1) is 27.7 Å². The molecule has 25 heavy (non-hydrogen) atoms. The van der Waals surface area contributed by atoms with Crippen LogP contribution < -0.4 is 10.1 Å². The lowest BCUT2D eigenvalue weighted by atomic mass is 10.1. The Hall–Kier alpha value is -2.95. The predicted octanol–water partition coefficient (Wildman–Crippen LogP) is 4.12. The maximum absolute atomic E-state index is 12.8. The van der Waals surface area contributed by atoms with Crippen molar-refractivity contribution >= 4 is 22.6 Å². The first-order valence-corrected chi connectivity index (χ1v) is 8.11. The van der Waals surface area contributed by atoms with E-state index < -0.39 is 0 Å². The Kier molecular flexibility index (Phi) is 4.40. The Labute approximate surface area is 147 Å². The minimum absolute atomic E-state index is 0.180. The molecular weight excluding hydrogens is 314 g/mol. The lowest BCUT2D eigenvalue weighted by molar-refractivity contribution is 0.101. The van der Waals surface area contributed by atoms with Gasteiger partial charge in [0.15, 0.2) is 5.69 Å². The van der Waals surface area contributed by atoms with Gasteiger partial charge in [0.05, 0.1) is 18.1 Å². The van der Waals surface area contributed by atoms with Crippen LogP contribution in [0.2, 0.25) is 0 Å². The Bertz CT molecular complexity index is 980. The quantitative estimate of drug-likeness (QED) is 0.782. The summed E-state index contributed by atoms with van der Waals surface area (Å²) in [6.45, 7) is 8.01. The predicted molar refractivity (Wildman–Crippen MR) is 99.4 cm³/mol. The third-order valence-electron chi connectivity index (χ3n) is 4.51. The maximum Gasteiger partial charge on any atom is 0.279 e. The number of amides is 1. The molecule has 0 spiro atoms. The smallest absolute Gasteiger partial charge is 0.279 e. The van der Waals surface area contributed by atoms with E-state index in [1.54, 1.807) is 0 Å². The van der Waals surface area contributed by atoms with Crippen molar-refractivity contribution in [3.05, 3.63) is 58.3 Å². The molecule has 0 saturated heterocycles. The SMILES string of the molecule is COc1nc2cc(C)c(C)cc2nc1C(=O)Nc1cccc(C)c1C. The highest BCUT2D eigenvalue weighted by molar-refractivity contribution is 6.05. The van der Waals surface area contributed by atoms with Gasteiger partial charge >= 0.3 is 0 Å². The number of nitrogens with one attached hydrogen (secondary N) is 1. The van der Waals surface area contributed by atoms with E-state index in [0.29, 0.717) is 11.0 Å². The van der Waals surface area contributed by atoms with Gasteiger partial charge in [-0.25, -0.2) is 9.97 Å². The van der Waals surface area contributed by atoms with Crippen molar-refractivity contribution in [2.45, 2.75) is 27.7 Å². The molecule has 1 heterocycles. The van der Waals surface area contributed by atoms with Crippen molar-refractivity contribution in [2.24, 2.45) is 0 Å². The topological polar surface area (TPSA) is 64.1 Å². The molecule has 0 fully saturated rings. The molecule has 0 aliphatic heterocycles. The van der Waals surface area contributed by atoms with Gasteiger partial charge in [-0.1, -0.05) is 12.1 Å². The first-order chi connectivity index (χ1) is 11.9. The average molecular weight is 335 g/mol. The van der Waals surface area contributed by atoms with Gasteiger partial charge in [-0.3, -0.25) is 4.79 Å². The molecule has 1 N–H and O–H groups in total. The fraction of sp³-hybridized carbons (Fsp3) is 0.250. The van der Waals surface area contributed by atoms with Crippen molar-refractivity contribution in [1.82, 2.24) is 9.97 Å². The number of aromatic nitrogens is 2. The summed E-state index contributed by atoms with van der Waals surface area (Å²) in [4.78, 5) is 21.7. The number of carbonyl (C=O) groups excluding carboxylic acids is 1.